The van der Waals surface area contributed by atoms with Gasteiger partial charge in [-0.1, -0.05) is 6.92 Å². The van der Waals surface area contributed by atoms with Crippen LogP contribution in [-0.2, 0) is 12.8 Å². The predicted octanol–water partition coefficient (Wildman–Crippen LogP) is 3.12. The second-order valence-corrected chi connectivity index (χ2v) is 8.41. The maximum atomic E-state index is 12.6. The van der Waals surface area contributed by atoms with E-state index >= 15 is 0 Å². The zero-order valence-electron chi connectivity index (χ0n) is 16.5. The molecule has 0 aliphatic heterocycles. The molecule has 0 unspecified atom stereocenters. The first-order valence-corrected chi connectivity index (χ1v) is 10.3. The molecule has 2 amide bonds. The normalized spacial score (nSPS) is 15.2. The van der Waals surface area contributed by atoms with Crippen molar-refractivity contribution in [1.29, 1.82) is 0 Å². The number of hydrogen-bond donors (Lipinski definition) is 3. The number of hydrogen-bond acceptors (Lipinski definition) is 6. The number of carbonyl (C=O) groups is 2. The Labute approximate surface area is 178 Å². The molecule has 1 heterocycles. The molecule has 1 atom stereocenters. The molecule has 0 radical (unpaired) electrons. The van der Waals surface area contributed by atoms with Gasteiger partial charge in [0, 0.05) is 10.9 Å². The Balaban J connectivity index is 1.78. The highest BCUT2D eigenvalue weighted by molar-refractivity contribution is 7.80. The first-order chi connectivity index (χ1) is 13.8. The zero-order chi connectivity index (χ0) is 21.1. The maximum Gasteiger partial charge on any atom is 0.261 e. The van der Waals surface area contributed by atoms with Crippen molar-refractivity contribution in [2.24, 2.45) is 11.7 Å². The molecule has 3 rings (SSSR count). The first kappa shape index (κ1) is 21.1. The number of amides is 2. The molecule has 0 spiro atoms. The summed E-state index contributed by atoms with van der Waals surface area (Å²) in [5.41, 5.74) is 7.39. The Hall–Kier alpha value is -2.65. The summed E-state index contributed by atoms with van der Waals surface area (Å²) in [6, 6.07) is 4.87. The third kappa shape index (κ3) is 4.51. The average molecular weight is 434 g/mol. The molecular weight excluding hydrogens is 410 g/mol. The van der Waals surface area contributed by atoms with Gasteiger partial charge in [0.2, 0.25) is 0 Å². The van der Waals surface area contributed by atoms with Crippen molar-refractivity contribution >= 4 is 45.5 Å². The predicted molar refractivity (Wildman–Crippen MR) is 117 cm³/mol. The highest BCUT2D eigenvalue weighted by atomic mass is 32.1. The lowest BCUT2D eigenvalue weighted by Crippen LogP contribution is -2.34. The molecule has 1 aliphatic carbocycles. The number of carbonyl (C=O) groups excluding carboxylic acids is 2. The fourth-order valence-corrected chi connectivity index (χ4v) is 5.07. The van der Waals surface area contributed by atoms with Crippen molar-refractivity contribution in [2.45, 2.75) is 26.2 Å². The van der Waals surface area contributed by atoms with E-state index in [-0.39, 0.29) is 5.11 Å². The largest absolute Gasteiger partial charge is 0.497 e. The number of nitrogens with one attached hydrogen (secondary N) is 2. The van der Waals surface area contributed by atoms with Crippen LogP contribution in [0.1, 0.15) is 44.5 Å². The quantitative estimate of drug-likeness (QED) is 0.626. The number of rotatable bonds is 5. The smallest absolute Gasteiger partial charge is 0.261 e. The van der Waals surface area contributed by atoms with Gasteiger partial charge in [0.15, 0.2) is 5.11 Å². The number of thiophene rings is 1. The molecule has 7 nitrogen and oxygen atoms in total. The average Bonchev–Trinajstić information content (AvgIpc) is 3.03. The summed E-state index contributed by atoms with van der Waals surface area (Å²) < 4.78 is 10.4. The Morgan fingerprint density at radius 3 is 2.69 bits per heavy atom. The van der Waals surface area contributed by atoms with E-state index in [2.05, 4.69) is 17.6 Å². The number of primary amides is 1. The Morgan fingerprint density at radius 2 is 2.03 bits per heavy atom. The van der Waals surface area contributed by atoms with Crippen LogP contribution in [0.3, 0.4) is 0 Å². The molecule has 4 N–H and O–H groups in total. The van der Waals surface area contributed by atoms with Gasteiger partial charge < -0.3 is 20.5 Å². The standard InChI is InChI=1S/C20H23N3O4S2/c1-10-4-6-13-15(8-10)29-19(16(13)17(21)24)23-20(28)22-18(25)12-7-5-11(26-2)9-14(12)27-3/h5,7,9-10H,4,6,8H2,1-3H3,(H2,21,24)(H2,22,23,25,28)/t10-/m0/s1. The van der Waals surface area contributed by atoms with Crippen LogP contribution in [0.4, 0.5) is 5.00 Å². The summed E-state index contributed by atoms with van der Waals surface area (Å²) in [6.45, 7) is 2.19. The topological polar surface area (TPSA) is 103 Å². The molecular formula is C20H23N3O4S2. The van der Waals surface area contributed by atoms with Crippen molar-refractivity contribution in [2.75, 3.05) is 19.5 Å². The molecule has 0 saturated carbocycles. The van der Waals surface area contributed by atoms with Crippen LogP contribution in [0.15, 0.2) is 18.2 Å². The molecule has 1 aromatic heterocycles. The number of benzene rings is 1. The first-order valence-electron chi connectivity index (χ1n) is 9.12. The monoisotopic (exact) mass is 433 g/mol. The second kappa shape index (κ2) is 8.79. The molecule has 1 aliphatic rings. The van der Waals surface area contributed by atoms with E-state index in [1.807, 2.05) is 0 Å². The minimum Gasteiger partial charge on any atom is -0.497 e. The molecule has 0 saturated heterocycles. The number of methoxy groups -OCH3 is 2. The Bertz CT molecular complexity index is 971. The summed E-state index contributed by atoms with van der Waals surface area (Å²) in [5, 5.41) is 6.26. The Morgan fingerprint density at radius 1 is 1.28 bits per heavy atom. The van der Waals surface area contributed by atoms with Gasteiger partial charge in [-0.05, 0) is 55.1 Å². The van der Waals surface area contributed by atoms with Gasteiger partial charge in [-0.3, -0.25) is 14.9 Å². The minimum atomic E-state index is -0.495. The Kier molecular flexibility index (Phi) is 6.39. The number of thiocarbonyl (C=S) groups is 1. The summed E-state index contributed by atoms with van der Waals surface area (Å²) in [6.07, 6.45) is 2.74. The highest BCUT2D eigenvalue weighted by Crippen LogP contribution is 2.39. The van der Waals surface area contributed by atoms with Crippen molar-refractivity contribution < 1.29 is 19.1 Å². The van der Waals surface area contributed by atoms with Gasteiger partial charge >= 0.3 is 0 Å². The summed E-state index contributed by atoms with van der Waals surface area (Å²) in [7, 11) is 3.00. The fraction of sp³-hybridized carbons (Fsp3) is 0.350. The van der Waals surface area contributed by atoms with Crippen LogP contribution in [0.25, 0.3) is 0 Å². The van der Waals surface area contributed by atoms with Crippen LogP contribution in [0, 0.1) is 5.92 Å². The third-order valence-corrected chi connectivity index (χ3v) is 6.24. The fourth-order valence-electron chi connectivity index (χ4n) is 3.39. The third-order valence-electron chi connectivity index (χ3n) is 4.87. The van der Waals surface area contributed by atoms with Gasteiger partial charge in [-0.25, -0.2) is 0 Å². The van der Waals surface area contributed by atoms with E-state index in [0.29, 0.717) is 33.5 Å². The van der Waals surface area contributed by atoms with Crippen molar-refractivity contribution in [3.05, 3.63) is 39.8 Å². The SMILES string of the molecule is COc1ccc(C(=O)NC(=S)Nc2sc3c(c2C(N)=O)CC[C@H](C)C3)c(OC)c1. The van der Waals surface area contributed by atoms with Gasteiger partial charge in [-0.2, -0.15) is 0 Å². The lowest BCUT2D eigenvalue weighted by Gasteiger charge is -2.18. The van der Waals surface area contributed by atoms with Crippen LogP contribution in [0.2, 0.25) is 0 Å². The molecule has 0 bridgehead atoms. The second-order valence-electron chi connectivity index (χ2n) is 6.89. The lowest BCUT2D eigenvalue weighted by molar-refractivity contribution is 0.0972. The van der Waals surface area contributed by atoms with E-state index in [9.17, 15) is 9.59 Å². The minimum absolute atomic E-state index is 0.0852. The number of anilines is 1. The van der Waals surface area contributed by atoms with Gasteiger partial charge in [-0.15, -0.1) is 11.3 Å². The molecule has 1 aromatic carbocycles. The van der Waals surface area contributed by atoms with E-state index in [0.717, 1.165) is 29.7 Å². The maximum absolute atomic E-state index is 12.6. The number of fused-ring (bicyclic) bond motifs is 1. The molecule has 2 aromatic rings. The van der Waals surface area contributed by atoms with Crippen molar-refractivity contribution in [1.82, 2.24) is 5.32 Å². The van der Waals surface area contributed by atoms with Gasteiger partial charge in [0.1, 0.15) is 16.5 Å². The lowest BCUT2D eigenvalue weighted by atomic mass is 9.88. The summed E-state index contributed by atoms with van der Waals surface area (Å²) >= 11 is 6.76. The van der Waals surface area contributed by atoms with E-state index in [1.165, 1.54) is 25.6 Å². The number of ether oxygens (including phenoxy) is 2. The molecule has 154 valence electrons. The number of nitrogens with two attached hydrogens (primary N) is 1. The van der Waals surface area contributed by atoms with Gasteiger partial charge in [0.25, 0.3) is 11.8 Å². The summed E-state index contributed by atoms with van der Waals surface area (Å²) in [4.78, 5) is 25.8. The van der Waals surface area contributed by atoms with Crippen LogP contribution in [-0.4, -0.2) is 31.1 Å². The van der Waals surface area contributed by atoms with Crippen LogP contribution in [0.5, 0.6) is 11.5 Å². The molecule has 0 fully saturated rings. The summed E-state index contributed by atoms with van der Waals surface area (Å²) in [5.74, 6) is 0.568. The van der Waals surface area contributed by atoms with Crippen LogP contribution < -0.4 is 25.8 Å². The van der Waals surface area contributed by atoms with E-state index < -0.39 is 11.8 Å². The van der Waals surface area contributed by atoms with Crippen molar-refractivity contribution in [3.8, 4) is 11.5 Å². The zero-order valence-corrected chi connectivity index (χ0v) is 18.1. The van der Waals surface area contributed by atoms with Crippen LogP contribution >= 0.6 is 23.6 Å². The highest BCUT2D eigenvalue weighted by Gasteiger charge is 2.27. The molecule has 9 heteroatoms. The van der Waals surface area contributed by atoms with E-state index in [4.69, 9.17) is 27.4 Å². The molecule has 29 heavy (non-hydrogen) atoms. The van der Waals surface area contributed by atoms with E-state index in [1.54, 1.807) is 18.2 Å². The van der Waals surface area contributed by atoms with Crippen molar-refractivity contribution in [3.63, 3.8) is 0 Å². The van der Waals surface area contributed by atoms with Gasteiger partial charge in [0.05, 0.1) is 25.3 Å².